The number of H-pyrrole nitrogens is 1. The van der Waals surface area contributed by atoms with Gasteiger partial charge < -0.3 is 9.73 Å². The molecule has 0 fully saturated rings. The summed E-state index contributed by atoms with van der Waals surface area (Å²) in [4.78, 5) is 13.8. The van der Waals surface area contributed by atoms with Gasteiger partial charge in [0, 0.05) is 10.0 Å². The summed E-state index contributed by atoms with van der Waals surface area (Å²) in [6.07, 6.45) is 0. The summed E-state index contributed by atoms with van der Waals surface area (Å²) in [6.45, 7) is 0. The van der Waals surface area contributed by atoms with Crippen LogP contribution >= 0.6 is 15.9 Å². The first-order valence-corrected chi connectivity index (χ1v) is 7.13. The van der Waals surface area contributed by atoms with E-state index < -0.39 is 5.76 Å². The molecule has 1 unspecified atom stereocenters. The van der Waals surface area contributed by atoms with Gasteiger partial charge in [0.25, 0.3) is 0 Å². The molecular formula is C15H12BrFN2O2. The third-order valence-electron chi connectivity index (χ3n) is 3.36. The highest BCUT2D eigenvalue weighted by Gasteiger charge is 2.20. The Morgan fingerprint density at radius 2 is 2.14 bits per heavy atom. The second-order valence-corrected chi connectivity index (χ2v) is 5.48. The van der Waals surface area contributed by atoms with Crippen molar-refractivity contribution in [3.63, 3.8) is 0 Å². The van der Waals surface area contributed by atoms with Crippen LogP contribution in [0.2, 0.25) is 0 Å². The van der Waals surface area contributed by atoms with Gasteiger partial charge in [-0.1, -0.05) is 28.1 Å². The normalized spacial score (nSPS) is 12.7. The molecule has 1 atom stereocenters. The van der Waals surface area contributed by atoms with Crippen LogP contribution in [0.15, 0.2) is 50.1 Å². The maximum absolute atomic E-state index is 14.1. The molecule has 3 aromatic rings. The zero-order valence-electron chi connectivity index (χ0n) is 11.1. The lowest BCUT2D eigenvalue weighted by molar-refractivity contribution is 0.552. The van der Waals surface area contributed by atoms with Crippen LogP contribution < -0.4 is 11.1 Å². The van der Waals surface area contributed by atoms with Crippen molar-refractivity contribution in [2.24, 2.45) is 0 Å². The van der Waals surface area contributed by atoms with Gasteiger partial charge in [0.1, 0.15) is 5.82 Å². The van der Waals surface area contributed by atoms with Crippen LogP contribution in [0.5, 0.6) is 0 Å². The molecule has 0 saturated carbocycles. The molecule has 3 rings (SSSR count). The van der Waals surface area contributed by atoms with Crippen LogP contribution in [-0.4, -0.2) is 12.0 Å². The van der Waals surface area contributed by atoms with Gasteiger partial charge in [-0.2, -0.15) is 0 Å². The third-order valence-corrected chi connectivity index (χ3v) is 4.05. The van der Waals surface area contributed by atoms with Gasteiger partial charge >= 0.3 is 5.76 Å². The molecule has 0 bridgehead atoms. The molecule has 2 N–H and O–H groups in total. The number of nitrogens with one attached hydrogen (secondary N) is 2. The maximum atomic E-state index is 14.1. The summed E-state index contributed by atoms with van der Waals surface area (Å²) in [5, 5.41) is 3.09. The molecule has 6 heteroatoms. The Morgan fingerprint density at radius 1 is 1.33 bits per heavy atom. The Hall–Kier alpha value is -1.92. The first kappa shape index (κ1) is 14.0. The van der Waals surface area contributed by atoms with Gasteiger partial charge in [-0.15, -0.1) is 0 Å². The summed E-state index contributed by atoms with van der Waals surface area (Å²) in [5.74, 6) is -0.811. The number of rotatable bonds is 3. The molecule has 2 aromatic carbocycles. The molecule has 0 aliphatic rings. The number of hydrogen-bond acceptors (Lipinski definition) is 3. The summed E-state index contributed by atoms with van der Waals surface area (Å²) in [5.41, 5.74) is 2.38. The molecule has 108 valence electrons. The first-order valence-electron chi connectivity index (χ1n) is 6.34. The van der Waals surface area contributed by atoms with Crippen LogP contribution in [0.3, 0.4) is 0 Å². The summed E-state index contributed by atoms with van der Waals surface area (Å²) in [6, 6.07) is 9.79. The fourth-order valence-electron chi connectivity index (χ4n) is 2.41. The molecule has 0 radical (unpaired) electrons. The van der Waals surface area contributed by atoms with Gasteiger partial charge in [0.2, 0.25) is 0 Å². The molecule has 0 aliphatic carbocycles. The number of fused-ring (bicyclic) bond motifs is 1. The second kappa shape index (κ2) is 5.46. The second-order valence-electron chi connectivity index (χ2n) is 4.63. The minimum atomic E-state index is -0.504. The minimum absolute atomic E-state index is 0.306. The number of aromatic amines is 1. The van der Waals surface area contributed by atoms with Crippen molar-refractivity contribution in [1.29, 1.82) is 0 Å². The van der Waals surface area contributed by atoms with Crippen LogP contribution in [0, 0.1) is 5.82 Å². The van der Waals surface area contributed by atoms with Crippen molar-refractivity contribution >= 4 is 27.0 Å². The third kappa shape index (κ3) is 2.52. The molecule has 4 nitrogen and oxygen atoms in total. The summed E-state index contributed by atoms with van der Waals surface area (Å²) in [7, 11) is 1.75. The Morgan fingerprint density at radius 3 is 2.86 bits per heavy atom. The highest BCUT2D eigenvalue weighted by atomic mass is 79.9. The highest BCUT2D eigenvalue weighted by molar-refractivity contribution is 9.10. The Kier molecular flexibility index (Phi) is 3.65. The van der Waals surface area contributed by atoms with Crippen molar-refractivity contribution in [2.45, 2.75) is 6.04 Å². The van der Waals surface area contributed by atoms with Crippen molar-refractivity contribution in [3.05, 3.63) is 68.4 Å². The molecule has 21 heavy (non-hydrogen) atoms. The van der Waals surface area contributed by atoms with Gasteiger partial charge in [-0.25, -0.2) is 9.18 Å². The number of oxazole rings is 1. The van der Waals surface area contributed by atoms with Gasteiger partial charge in [-0.05, 0) is 36.9 Å². The van der Waals surface area contributed by atoms with E-state index in [0.717, 1.165) is 5.56 Å². The van der Waals surface area contributed by atoms with E-state index in [1.807, 2.05) is 6.07 Å². The van der Waals surface area contributed by atoms with E-state index in [1.54, 1.807) is 31.3 Å². The lowest BCUT2D eigenvalue weighted by Gasteiger charge is -2.19. The summed E-state index contributed by atoms with van der Waals surface area (Å²) < 4.78 is 19.9. The van der Waals surface area contributed by atoms with Crippen molar-refractivity contribution in [2.75, 3.05) is 7.05 Å². The first-order chi connectivity index (χ1) is 10.1. The van der Waals surface area contributed by atoms with Crippen LogP contribution in [0.1, 0.15) is 17.2 Å². The number of hydrogen-bond donors (Lipinski definition) is 2. The monoisotopic (exact) mass is 350 g/mol. The standard InChI is InChI=1S/C15H12BrFN2O2/c1-18-14(13-9(16)3-2-4-10(13)17)8-5-6-11-12(7-8)21-15(20)19-11/h2-7,14,18H,1H3,(H,19,20). The van der Waals surface area contributed by atoms with Crippen LogP contribution in [0.4, 0.5) is 4.39 Å². The molecule has 0 saturated heterocycles. The molecule has 0 aliphatic heterocycles. The highest BCUT2D eigenvalue weighted by Crippen LogP contribution is 2.31. The predicted octanol–water partition coefficient (Wildman–Crippen LogP) is 3.33. The van der Waals surface area contributed by atoms with Crippen molar-refractivity contribution < 1.29 is 8.81 Å². The smallest absolute Gasteiger partial charge is 0.408 e. The van der Waals surface area contributed by atoms with Crippen molar-refractivity contribution in [3.8, 4) is 0 Å². The molecule has 1 aromatic heterocycles. The van der Waals surface area contributed by atoms with E-state index in [-0.39, 0.29) is 11.9 Å². The van der Waals surface area contributed by atoms with E-state index in [4.69, 9.17) is 4.42 Å². The van der Waals surface area contributed by atoms with Gasteiger partial charge in [0.15, 0.2) is 5.58 Å². The van der Waals surface area contributed by atoms with E-state index in [1.165, 1.54) is 6.07 Å². The van der Waals surface area contributed by atoms with Gasteiger partial charge in [-0.3, -0.25) is 4.98 Å². The largest absolute Gasteiger partial charge is 0.417 e. The quantitative estimate of drug-likeness (QED) is 0.761. The topological polar surface area (TPSA) is 58.0 Å². The average Bonchev–Trinajstić information content (AvgIpc) is 2.82. The molecule has 1 heterocycles. The van der Waals surface area contributed by atoms with Crippen molar-refractivity contribution in [1.82, 2.24) is 10.3 Å². The number of halogens is 2. The average molecular weight is 351 g/mol. The van der Waals surface area contributed by atoms with Crippen LogP contribution in [0.25, 0.3) is 11.1 Å². The molecular weight excluding hydrogens is 339 g/mol. The van der Waals surface area contributed by atoms with Crippen LogP contribution in [-0.2, 0) is 0 Å². The lowest BCUT2D eigenvalue weighted by atomic mass is 9.98. The maximum Gasteiger partial charge on any atom is 0.417 e. The minimum Gasteiger partial charge on any atom is -0.408 e. The van der Waals surface area contributed by atoms with E-state index in [0.29, 0.717) is 21.1 Å². The predicted molar refractivity (Wildman–Crippen MR) is 81.8 cm³/mol. The SMILES string of the molecule is CNC(c1ccc2[nH]c(=O)oc2c1)c1c(F)cccc1Br. The number of benzene rings is 2. The Balaban J connectivity index is 2.15. The molecule has 0 spiro atoms. The van der Waals surface area contributed by atoms with E-state index >= 15 is 0 Å². The fraction of sp³-hybridized carbons (Fsp3) is 0.133. The van der Waals surface area contributed by atoms with Gasteiger partial charge in [0.05, 0.1) is 11.6 Å². The summed E-state index contributed by atoms with van der Waals surface area (Å²) >= 11 is 3.38. The van der Waals surface area contributed by atoms with E-state index in [2.05, 4.69) is 26.2 Å². The Bertz CT molecular complexity index is 836. The fourth-order valence-corrected chi connectivity index (χ4v) is 2.98. The zero-order valence-corrected chi connectivity index (χ0v) is 12.7. The molecule has 0 amide bonds. The lowest BCUT2D eigenvalue weighted by Crippen LogP contribution is -2.19. The Labute approximate surface area is 128 Å². The van der Waals surface area contributed by atoms with E-state index in [9.17, 15) is 9.18 Å². The number of aromatic nitrogens is 1. The zero-order chi connectivity index (χ0) is 15.0.